The van der Waals surface area contributed by atoms with Gasteiger partial charge in [-0.05, 0) is 48.0 Å². The molecule has 0 spiro atoms. The normalized spacial score (nSPS) is 10.5. The summed E-state index contributed by atoms with van der Waals surface area (Å²) in [6.45, 7) is 0.262. The lowest BCUT2D eigenvalue weighted by Gasteiger charge is -2.10. The molecule has 0 atom stereocenters. The molecule has 0 aliphatic carbocycles. The molecule has 0 unspecified atom stereocenters. The Morgan fingerprint density at radius 3 is 2.53 bits per heavy atom. The van der Waals surface area contributed by atoms with Crippen molar-refractivity contribution in [3.63, 3.8) is 0 Å². The molecule has 9 heteroatoms. The van der Waals surface area contributed by atoms with Gasteiger partial charge in [0.15, 0.2) is 0 Å². The molecule has 2 N–H and O–H groups in total. The number of rotatable bonds is 9. The largest absolute Gasteiger partial charge is 0.488 e. The van der Waals surface area contributed by atoms with Gasteiger partial charge in [-0.15, -0.1) is 0 Å². The molecule has 172 valence electrons. The van der Waals surface area contributed by atoms with E-state index in [2.05, 4.69) is 21.9 Å². The molecule has 34 heavy (non-hydrogen) atoms. The molecule has 7 nitrogen and oxygen atoms in total. The van der Waals surface area contributed by atoms with Crippen LogP contribution in [0.4, 0.5) is 10.1 Å². The van der Waals surface area contributed by atoms with Crippen molar-refractivity contribution >= 4 is 35.3 Å². The molecule has 0 aliphatic heterocycles. The van der Waals surface area contributed by atoms with Crippen molar-refractivity contribution in [2.24, 2.45) is 5.10 Å². The zero-order valence-electron chi connectivity index (χ0n) is 17.9. The second kappa shape index (κ2) is 12.1. The zero-order chi connectivity index (χ0) is 24.3. The van der Waals surface area contributed by atoms with E-state index in [0.29, 0.717) is 21.9 Å². The van der Waals surface area contributed by atoms with Gasteiger partial charge in [-0.2, -0.15) is 10.4 Å². The molecule has 2 amide bonds. The van der Waals surface area contributed by atoms with Crippen LogP contribution in [0.25, 0.3) is 0 Å². The summed E-state index contributed by atoms with van der Waals surface area (Å²) in [7, 11) is 0. The first-order valence-electron chi connectivity index (χ1n) is 10.2. The van der Waals surface area contributed by atoms with Crippen LogP contribution in [-0.2, 0) is 16.2 Å². The average Bonchev–Trinajstić information content (AvgIpc) is 2.84. The second-order valence-corrected chi connectivity index (χ2v) is 7.54. The number of carbonyl (C=O) groups excluding carboxylic acids is 2. The number of hydrazone groups is 1. The van der Waals surface area contributed by atoms with Crippen LogP contribution in [0.15, 0.2) is 71.8 Å². The molecule has 0 aromatic heterocycles. The van der Waals surface area contributed by atoms with Crippen molar-refractivity contribution in [2.75, 3.05) is 5.32 Å². The fraction of sp³-hybridized carbons (Fsp3) is 0.120. The fourth-order valence-corrected chi connectivity index (χ4v) is 3.00. The lowest BCUT2D eigenvalue weighted by atomic mass is 10.1. The van der Waals surface area contributed by atoms with E-state index in [1.807, 2.05) is 0 Å². The lowest BCUT2D eigenvalue weighted by Crippen LogP contribution is -2.21. The maximum atomic E-state index is 13.6. The van der Waals surface area contributed by atoms with Crippen molar-refractivity contribution < 1.29 is 18.7 Å². The Balaban J connectivity index is 1.51. The Bertz CT molecular complexity index is 1240. The molecule has 0 aliphatic rings. The highest BCUT2D eigenvalue weighted by Gasteiger charge is 2.09. The van der Waals surface area contributed by atoms with Crippen LogP contribution in [0.2, 0.25) is 5.02 Å². The van der Waals surface area contributed by atoms with E-state index in [-0.39, 0.29) is 25.1 Å². The number of amides is 2. The number of hydrogen-bond acceptors (Lipinski definition) is 5. The van der Waals surface area contributed by atoms with E-state index in [9.17, 15) is 14.0 Å². The third kappa shape index (κ3) is 7.43. The third-order valence-corrected chi connectivity index (χ3v) is 4.80. The van der Waals surface area contributed by atoms with E-state index in [1.54, 1.807) is 48.5 Å². The maximum absolute atomic E-state index is 13.6. The van der Waals surface area contributed by atoms with Crippen LogP contribution in [0, 0.1) is 17.1 Å². The number of nitrogens with zero attached hydrogens (tertiary/aromatic N) is 2. The number of ether oxygens (including phenoxy) is 1. The molecule has 3 aromatic rings. The van der Waals surface area contributed by atoms with Gasteiger partial charge in [0, 0.05) is 23.4 Å². The van der Waals surface area contributed by atoms with Crippen LogP contribution < -0.4 is 15.5 Å². The van der Waals surface area contributed by atoms with E-state index in [4.69, 9.17) is 21.6 Å². The Hall–Kier alpha value is -4.22. The maximum Gasteiger partial charge on any atom is 0.240 e. The van der Waals surface area contributed by atoms with Crippen molar-refractivity contribution in [1.29, 1.82) is 5.26 Å². The third-order valence-electron chi connectivity index (χ3n) is 4.57. The van der Waals surface area contributed by atoms with Gasteiger partial charge < -0.3 is 10.1 Å². The average molecular weight is 479 g/mol. The minimum Gasteiger partial charge on any atom is -0.488 e. The summed E-state index contributed by atoms with van der Waals surface area (Å²) in [5.74, 6) is -1.03. The molecular weight excluding hydrogens is 459 g/mol. The first-order valence-corrected chi connectivity index (χ1v) is 10.6. The number of nitrogens with one attached hydrogen (secondary N) is 2. The van der Waals surface area contributed by atoms with E-state index in [0.717, 1.165) is 5.56 Å². The Labute approximate surface area is 200 Å². The molecule has 3 aromatic carbocycles. The Kier molecular flexibility index (Phi) is 8.72. The SMILES string of the molecule is N#Cc1ccc(COc2ccc(Cl)cc2C=NNC(=O)CCC(=O)Nc2ccccc2F)cc1. The van der Waals surface area contributed by atoms with Gasteiger partial charge in [0.2, 0.25) is 11.8 Å². The number of para-hydroxylation sites is 1. The minimum atomic E-state index is -0.552. The van der Waals surface area contributed by atoms with E-state index < -0.39 is 17.6 Å². The predicted molar refractivity (Wildman–Crippen MR) is 127 cm³/mol. The van der Waals surface area contributed by atoms with Gasteiger partial charge in [-0.25, -0.2) is 9.82 Å². The van der Waals surface area contributed by atoms with Crippen molar-refractivity contribution in [1.82, 2.24) is 5.43 Å². The van der Waals surface area contributed by atoms with Crippen LogP contribution >= 0.6 is 11.6 Å². The van der Waals surface area contributed by atoms with Crippen molar-refractivity contribution in [3.05, 3.63) is 94.3 Å². The predicted octanol–water partition coefficient (Wildman–Crippen LogP) is 4.80. The summed E-state index contributed by atoms with van der Waals surface area (Å²) in [5.41, 5.74) is 4.37. The first kappa shape index (κ1) is 24.4. The molecule has 0 saturated carbocycles. The van der Waals surface area contributed by atoms with Crippen molar-refractivity contribution in [2.45, 2.75) is 19.4 Å². The van der Waals surface area contributed by atoms with Gasteiger partial charge in [-0.1, -0.05) is 35.9 Å². The lowest BCUT2D eigenvalue weighted by molar-refractivity contribution is -0.124. The van der Waals surface area contributed by atoms with Crippen LogP contribution in [0.1, 0.15) is 29.5 Å². The number of halogens is 2. The molecular formula is C25H20ClFN4O3. The molecule has 0 bridgehead atoms. The number of carbonyl (C=O) groups is 2. The number of benzene rings is 3. The molecule has 0 saturated heterocycles. The van der Waals surface area contributed by atoms with E-state index in [1.165, 1.54) is 24.4 Å². The monoisotopic (exact) mass is 478 g/mol. The quantitative estimate of drug-likeness (QED) is 0.340. The molecule has 0 fully saturated rings. The summed E-state index contributed by atoms with van der Waals surface area (Å²) < 4.78 is 19.4. The summed E-state index contributed by atoms with van der Waals surface area (Å²) >= 11 is 6.06. The highest BCUT2D eigenvalue weighted by molar-refractivity contribution is 6.30. The molecule has 0 radical (unpaired) electrons. The summed E-state index contributed by atoms with van der Waals surface area (Å²) in [6.07, 6.45) is 1.12. The Morgan fingerprint density at radius 2 is 1.79 bits per heavy atom. The topological polar surface area (TPSA) is 104 Å². The number of anilines is 1. The Morgan fingerprint density at radius 1 is 1.06 bits per heavy atom. The fourth-order valence-electron chi connectivity index (χ4n) is 2.82. The first-order chi connectivity index (χ1) is 16.4. The van der Waals surface area contributed by atoms with Gasteiger partial charge in [0.05, 0.1) is 23.5 Å². The zero-order valence-corrected chi connectivity index (χ0v) is 18.7. The molecule has 0 heterocycles. The van der Waals surface area contributed by atoms with Gasteiger partial charge >= 0.3 is 0 Å². The standard InChI is InChI=1S/C25H20ClFN4O3/c26-20-9-10-23(34-16-18-7-5-17(14-28)6-8-18)19(13-20)15-29-31-25(33)12-11-24(32)30-22-4-2-1-3-21(22)27/h1-10,13,15H,11-12,16H2,(H,30,32)(H,31,33). The van der Waals surface area contributed by atoms with E-state index >= 15 is 0 Å². The molecule has 3 rings (SSSR count). The summed E-state index contributed by atoms with van der Waals surface area (Å²) in [5, 5.41) is 15.7. The summed E-state index contributed by atoms with van der Waals surface area (Å²) in [4.78, 5) is 23.9. The van der Waals surface area contributed by atoms with Crippen LogP contribution in [-0.4, -0.2) is 18.0 Å². The highest BCUT2D eigenvalue weighted by Crippen LogP contribution is 2.22. The van der Waals surface area contributed by atoms with Crippen LogP contribution in [0.3, 0.4) is 0 Å². The highest BCUT2D eigenvalue weighted by atomic mass is 35.5. The van der Waals surface area contributed by atoms with Gasteiger partial charge in [0.1, 0.15) is 18.2 Å². The minimum absolute atomic E-state index is 0.0559. The number of hydrogen-bond donors (Lipinski definition) is 2. The summed E-state index contributed by atoms with van der Waals surface area (Å²) in [6, 6.07) is 19.8. The van der Waals surface area contributed by atoms with Gasteiger partial charge in [0.25, 0.3) is 0 Å². The van der Waals surface area contributed by atoms with Crippen LogP contribution in [0.5, 0.6) is 5.75 Å². The smallest absolute Gasteiger partial charge is 0.240 e. The van der Waals surface area contributed by atoms with Gasteiger partial charge in [-0.3, -0.25) is 9.59 Å². The van der Waals surface area contributed by atoms with Crippen molar-refractivity contribution in [3.8, 4) is 11.8 Å². The second-order valence-electron chi connectivity index (χ2n) is 7.10. The number of nitriles is 1.